The highest BCUT2D eigenvalue weighted by Gasteiger charge is 2.59. The van der Waals surface area contributed by atoms with Gasteiger partial charge < -0.3 is 9.84 Å². The fraction of sp³-hybridized carbons (Fsp3) is 0.533. The largest absolute Gasteiger partial charge is 0.459 e. The molecule has 18 heavy (non-hydrogen) atoms. The molecule has 1 fully saturated rings. The Labute approximate surface area is 108 Å². The van der Waals surface area contributed by atoms with Crippen LogP contribution in [0.2, 0.25) is 0 Å². The molecule has 3 nitrogen and oxygen atoms in total. The summed E-state index contributed by atoms with van der Waals surface area (Å²) < 4.78 is 5.26. The lowest BCUT2D eigenvalue weighted by Gasteiger charge is -2.30. The van der Waals surface area contributed by atoms with Crippen LogP contribution in [0.3, 0.4) is 0 Å². The van der Waals surface area contributed by atoms with Crippen molar-refractivity contribution in [2.45, 2.75) is 45.3 Å². The van der Waals surface area contributed by atoms with Crippen LogP contribution in [-0.2, 0) is 16.1 Å². The Kier molecular flexibility index (Phi) is 3.44. The van der Waals surface area contributed by atoms with Crippen molar-refractivity contribution in [2.75, 3.05) is 0 Å². The Hall–Kier alpha value is -1.35. The number of aliphatic hydroxyl groups is 1. The van der Waals surface area contributed by atoms with E-state index in [1.807, 2.05) is 44.2 Å². The van der Waals surface area contributed by atoms with Gasteiger partial charge in [-0.3, -0.25) is 0 Å². The molecule has 98 valence electrons. The summed E-state index contributed by atoms with van der Waals surface area (Å²) in [7, 11) is 0. The molecule has 3 heteroatoms. The highest BCUT2D eigenvalue weighted by atomic mass is 16.5. The van der Waals surface area contributed by atoms with Gasteiger partial charge in [0.25, 0.3) is 0 Å². The molecule has 1 aliphatic carbocycles. The number of carbonyl (C=O) groups excluding carboxylic acids is 1. The Bertz CT molecular complexity index is 423. The molecule has 0 amide bonds. The number of rotatable bonds is 5. The Morgan fingerprint density at radius 3 is 2.50 bits per heavy atom. The maximum Gasteiger partial charge on any atom is 0.339 e. The van der Waals surface area contributed by atoms with E-state index in [4.69, 9.17) is 4.74 Å². The molecule has 1 atom stereocenters. The second-order valence-corrected chi connectivity index (χ2v) is 5.34. The SMILES string of the molecule is CCC(O)(C(=O)OCc1ccccc1)C1(C)CC1. The van der Waals surface area contributed by atoms with Crippen LogP contribution >= 0.6 is 0 Å². The summed E-state index contributed by atoms with van der Waals surface area (Å²) in [6.07, 6.45) is 2.17. The number of ether oxygens (including phenoxy) is 1. The number of esters is 1. The van der Waals surface area contributed by atoms with E-state index in [2.05, 4.69) is 0 Å². The van der Waals surface area contributed by atoms with Crippen molar-refractivity contribution in [3.8, 4) is 0 Å². The van der Waals surface area contributed by atoms with E-state index in [0.29, 0.717) is 6.42 Å². The lowest BCUT2D eigenvalue weighted by molar-refractivity contribution is -0.175. The zero-order valence-corrected chi connectivity index (χ0v) is 11.0. The van der Waals surface area contributed by atoms with Crippen LogP contribution in [0, 0.1) is 5.41 Å². The molecule has 0 spiro atoms. The number of hydrogen-bond acceptors (Lipinski definition) is 3. The van der Waals surface area contributed by atoms with Crippen molar-refractivity contribution >= 4 is 5.97 Å². The Morgan fingerprint density at radius 2 is 2.00 bits per heavy atom. The highest BCUT2D eigenvalue weighted by Crippen LogP contribution is 2.55. The van der Waals surface area contributed by atoms with Crippen molar-refractivity contribution < 1.29 is 14.6 Å². The first kappa shape index (κ1) is 13.1. The molecule has 1 aromatic rings. The van der Waals surface area contributed by atoms with Crippen LogP contribution < -0.4 is 0 Å². The molecule has 2 rings (SSSR count). The Balaban J connectivity index is 1.99. The lowest BCUT2D eigenvalue weighted by atomic mass is 9.83. The average molecular weight is 248 g/mol. The van der Waals surface area contributed by atoms with Crippen LogP contribution in [-0.4, -0.2) is 16.7 Å². The molecular weight excluding hydrogens is 228 g/mol. The molecule has 1 saturated carbocycles. The van der Waals surface area contributed by atoms with E-state index >= 15 is 0 Å². The number of hydrogen-bond donors (Lipinski definition) is 1. The first-order valence-corrected chi connectivity index (χ1v) is 6.45. The molecule has 0 saturated heterocycles. The summed E-state index contributed by atoms with van der Waals surface area (Å²) in [4.78, 5) is 12.1. The van der Waals surface area contributed by atoms with Crippen molar-refractivity contribution in [3.63, 3.8) is 0 Å². The van der Waals surface area contributed by atoms with Gasteiger partial charge in [-0.1, -0.05) is 44.2 Å². The number of benzene rings is 1. The van der Waals surface area contributed by atoms with E-state index in [1.165, 1.54) is 0 Å². The van der Waals surface area contributed by atoms with Crippen molar-refractivity contribution in [2.24, 2.45) is 5.41 Å². The molecule has 1 aromatic carbocycles. The van der Waals surface area contributed by atoms with Gasteiger partial charge in [0.05, 0.1) is 0 Å². The third-order valence-electron chi connectivity index (χ3n) is 4.06. The monoisotopic (exact) mass is 248 g/mol. The quantitative estimate of drug-likeness (QED) is 0.815. The zero-order chi connectivity index (χ0) is 13.2. The van der Waals surface area contributed by atoms with E-state index in [1.54, 1.807) is 0 Å². The van der Waals surface area contributed by atoms with Gasteiger partial charge in [0.15, 0.2) is 5.60 Å². The molecule has 0 bridgehead atoms. The minimum Gasteiger partial charge on any atom is -0.459 e. The van der Waals surface area contributed by atoms with Gasteiger partial charge in [-0.2, -0.15) is 0 Å². The van der Waals surface area contributed by atoms with Crippen LogP contribution in [0.4, 0.5) is 0 Å². The molecular formula is C15H20O3. The van der Waals surface area contributed by atoms with Gasteiger partial charge in [0.1, 0.15) is 6.61 Å². The summed E-state index contributed by atoms with van der Waals surface area (Å²) >= 11 is 0. The highest BCUT2D eigenvalue weighted by molar-refractivity contribution is 5.81. The maximum absolute atomic E-state index is 12.1. The molecule has 0 aromatic heterocycles. The summed E-state index contributed by atoms with van der Waals surface area (Å²) in [6.45, 7) is 3.99. The first-order chi connectivity index (χ1) is 8.52. The maximum atomic E-state index is 12.1. The van der Waals surface area contributed by atoms with Gasteiger partial charge in [0.2, 0.25) is 0 Å². The summed E-state index contributed by atoms with van der Waals surface area (Å²) in [6, 6.07) is 9.52. The van der Waals surface area contributed by atoms with Crippen molar-refractivity contribution in [3.05, 3.63) is 35.9 Å². The van der Waals surface area contributed by atoms with Gasteiger partial charge in [-0.15, -0.1) is 0 Å². The molecule has 0 aliphatic heterocycles. The predicted molar refractivity (Wildman–Crippen MR) is 68.8 cm³/mol. The smallest absolute Gasteiger partial charge is 0.339 e. The standard InChI is InChI=1S/C15H20O3/c1-3-15(17,14(2)9-10-14)13(16)18-11-12-7-5-4-6-8-12/h4-8,17H,3,9-11H2,1-2H3. The average Bonchev–Trinajstić information content (AvgIpc) is 3.15. The zero-order valence-electron chi connectivity index (χ0n) is 11.0. The molecule has 0 radical (unpaired) electrons. The third-order valence-corrected chi connectivity index (χ3v) is 4.06. The van der Waals surface area contributed by atoms with E-state index in [0.717, 1.165) is 18.4 Å². The number of carbonyl (C=O) groups is 1. The van der Waals surface area contributed by atoms with E-state index < -0.39 is 11.6 Å². The Morgan fingerprint density at radius 1 is 1.39 bits per heavy atom. The van der Waals surface area contributed by atoms with Crippen LogP contribution in [0.5, 0.6) is 0 Å². The van der Waals surface area contributed by atoms with Crippen LogP contribution in [0.1, 0.15) is 38.7 Å². The lowest BCUT2D eigenvalue weighted by Crippen LogP contribution is -2.46. The van der Waals surface area contributed by atoms with E-state index in [9.17, 15) is 9.90 Å². The van der Waals surface area contributed by atoms with Crippen LogP contribution in [0.15, 0.2) is 30.3 Å². The minimum absolute atomic E-state index is 0.220. The molecule has 1 aliphatic rings. The second kappa shape index (κ2) is 4.73. The minimum atomic E-state index is -1.33. The van der Waals surface area contributed by atoms with Gasteiger partial charge >= 0.3 is 5.97 Å². The van der Waals surface area contributed by atoms with E-state index in [-0.39, 0.29) is 12.0 Å². The van der Waals surface area contributed by atoms with Crippen molar-refractivity contribution in [1.82, 2.24) is 0 Å². The molecule has 1 unspecified atom stereocenters. The summed E-state index contributed by atoms with van der Waals surface area (Å²) in [5.74, 6) is -0.492. The van der Waals surface area contributed by atoms with Gasteiger partial charge in [-0.05, 0) is 24.8 Å². The molecule has 1 N–H and O–H groups in total. The predicted octanol–water partition coefficient (Wildman–Crippen LogP) is 2.67. The van der Waals surface area contributed by atoms with Crippen molar-refractivity contribution in [1.29, 1.82) is 0 Å². The van der Waals surface area contributed by atoms with Gasteiger partial charge in [0, 0.05) is 5.41 Å². The van der Waals surface area contributed by atoms with Gasteiger partial charge in [-0.25, -0.2) is 4.79 Å². The fourth-order valence-corrected chi connectivity index (χ4v) is 2.26. The normalized spacial score (nSPS) is 19.9. The second-order valence-electron chi connectivity index (χ2n) is 5.34. The molecule has 0 heterocycles. The third kappa shape index (κ3) is 2.27. The summed E-state index contributed by atoms with van der Waals surface area (Å²) in [5.41, 5.74) is -0.692. The first-order valence-electron chi connectivity index (χ1n) is 6.45. The summed E-state index contributed by atoms with van der Waals surface area (Å²) in [5, 5.41) is 10.5. The van der Waals surface area contributed by atoms with Crippen LogP contribution in [0.25, 0.3) is 0 Å². The topological polar surface area (TPSA) is 46.5 Å². The fourth-order valence-electron chi connectivity index (χ4n) is 2.26.